The third kappa shape index (κ3) is 5.79. The Morgan fingerprint density at radius 3 is 1.93 bits per heavy atom. The Balaban J connectivity index is 1.68. The number of fused-ring (bicyclic) bond motifs is 3. The molecular weight excluding hydrogens is 583 g/mol. The summed E-state index contributed by atoms with van der Waals surface area (Å²) >= 11 is 0. The van der Waals surface area contributed by atoms with Crippen LogP contribution in [-0.2, 0) is 25.0 Å². The lowest BCUT2D eigenvalue weighted by Gasteiger charge is -2.46. The van der Waals surface area contributed by atoms with Crippen molar-refractivity contribution in [3.63, 3.8) is 0 Å². The van der Waals surface area contributed by atoms with Crippen LogP contribution in [0.25, 0.3) is 0 Å². The molecule has 0 spiro atoms. The molecule has 2 aliphatic rings. The summed E-state index contributed by atoms with van der Waals surface area (Å²) < 4.78 is 16.2. The molecule has 2 heterocycles. The Morgan fingerprint density at radius 1 is 0.795 bits per heavy atom. The molecule has 1 saturated heterocycles. The van der Waals surface area contributed by atoms with Crippen LogP contribution in [0.5, 0.6) is 0 Å². The van der Waals surface area contributed by atoms with Crippen LogP contribution in [0.4, 0.5) is 5.69 Å². The van der Waals surface area contributed by atoms with E-state index in [4.69, 9.17) is 13.8 Å². The van der Waals surface area contributed by atoms with Crippen LogP contribution < -0.4 is 4.90 Å². The summed E-state index contributed by atoms with van der Waals surface area (Å²) in [6.07, 6.45) is 1.36. The number of carbonyl (C=O) groups is 2. The molecule has 4 atom stereocenters. The third-order valence-electron chi connectivity index (χ3n) is 10.6. The second-order valence-electron chi connectivity index (χ2n) is 15.5. The lowest BCUT2D eigenvalue weighted by atomic mass is 9.72. The lowest BCUT2D eigenvalue weighted by Crippen LogP contribution is -2.49. The maximum atomic E-state index is 14.6. The topological polar surface area (TPSA) is 73.7 Å². The molecule has 1 fully saturated rings. The highest BCUT2D eigenvalue weighted by Crippen LogP contribution is 2.54. The summed E-state index contributed by atoms with van der Waals surface area (Å²) in [7, 11) is -4.54. The van der Waals surface area contributed by atoms with Crippen molar-refractivity contribution >= 4 is 34.1 Å². The first-order chi connectivity index (χ1) is 20.4. The summed E-state index contributed by atoms with van der Waals surface area (Å²) in [6, 6.07) is 19.5. The number of anilines is 1. The number of rotatable bonds is 8. The molecule has 1 aliphatic heterocycles. The fraction of sp³-hybridized carbons (Fsp3) is 0.514. The number of imidazole rings is 1. The smallest absolute Gasteiger partial charge is 0.243 e. The number of para-hydroxylation sites is 1. The average Bonchev–Trinajstić information content (AvgIpc) is 3.45. The maximum absolute atomic E-state index is 14.6. The largest absolute Gasteiger partial charge is 0.416 e. The molecule has 7 nitrogen and oxygen atoms in total. The molecule has 1 aromatic heterocycles. The molecule has 236 valence electrons. The monoisotopic (exact) mass is 631 g/mol. The predicted octanol–water partition coefficient (Wildman–Crippen LogP) is 7.92. The zero-order valence-corrected chi connectivity index (χ0v) is 30.0. The standard InChI is InChI=1S/C35H49N3O4Si2/c1-34(2,3)43(7,8)41-22-26-27-28(33(40)38(32(27)39)25-19-15-12-16-20-25)30-29(31(26)42-44(9,10)35(4,5)6)36-23-37(30)21-24-17-13-11-14-18-24/h11-20,23,26-28,31H,21-22H2,1-10H3/t26-,27?,28?,31+/m1/s1. The summed E-state index contributed by atoms with van der Waals surface area (Å²) in [5, 5.41) is -0.0715. The molecule has 2 amide bonds. The number of carbonyl (C=O) groups excluding carboxylic acids is 2. The van der Waals surface area contributed by atoms with Gasteiger partial charge in [-0.15, -0.1) is 0 Å². The molecular formula is C35H49N3O4Si2. The van der Waals surface area contributed by atoms with Gasteiger partial charge in [0, 0.05) is 19.1 Å². The summed E-state index contributed by atoms with van der Waals surface area (Å²) in [4.78, 5) is 35.4. The third-order valence-corrected chi connectivity index (χ3v) is 19.5. The van der Waals surface area contributed by atoms with E-state index < -0.39 is 34.6 Å². The molecule has 3 aromatic rings. The van der Waals surface area contributed by atoms with Crippen molar-refractivity contribution in [1.29, 1.82) is 0 Å². The Hall–Kier alpha value is -2.86. The zero-order chi connectivity index (χ0) is 32.2. The van der Waals surface area contributed by atoms with E-state index in [9.17, 15) is 9.59 Å². The van der Waals surface area contributed by atoms with Crippen molar-refractivity contribution in [2.24, 2.45) is 11.8 Å². The number of hydrogen-bond donors (Lipinski definition) is 0. The van der Waals surface area contributed by atoms with Gasteiger partial charge in [0.05, 0.1) is 41.3 Å². The molecule has 2 aromatic carbocycles. The normalized spacial score (nSPS) is 22.7. The fourth-order valence-corrected chi connectivity index (χ4v) is 8.17. The van der Waals surface area contributed by atoms with Crippen LogP contribution in [0, 0.1) is 11.8 Å². The molecule has 9 heteroatoms. The van der Waals surface area contributed by atoms with Gasteiger partial charge in [-0.05, 0) is 54.0 Å². The van der Waals surface area contributed by atoms with Gasteiger partial charge in [-0.3, -0.25) is 9.59 Å². The van der Waals surface area contributed by atoms with Crippen molar-refractivity contribution in [3.8, 4) is 0 Å². The van der Waals surface area contributed by atoms with Gasteiger partial charge in [-0.1, -0.05) is 90.1 Å². The Labute approximate surface area is 265 Å². The Morgan fingerprint density at radius 2 is 1.36 bits per heavy atom. The van der Waals surface area contributed by atoms with E-state index in [-0.39, 0.29) is 27.8 Å². The van der Waals surface area contributed by atoms with Crippen LogP contribution >= 0.6 is 0 Å². The molecule has 0 radical (unpaired) electrons. The van der Waals surface area contributed by atoms with Crippen LogP contribution in [0.2, 0.25) is 36.3 Å². The van der Waals surface area contributed by atoms with Gasteiger partial charge < -0.3 is 13.4 Å². The summed E-state index contributed by atoms with van der Waals surface area (Å²) in [6.45, 7) is 23.2. The molecule has 0 saturated carbocycles. The van der Waals surface area contributed by atoms with Gasteiger partial charge in [-0.25, -0.2) is 9.88 Å². The van der Waals surface area contributed by atoms with Crippen LogP contribution in [0.15, 0.2) is 67.0 Å². The number of aromatic nitrogens is 2. The van der Waals surface area contributed by atoms with Crippen molar-refractivity contribution < 1.29 is 18.4 Å². The SMILES string of the molecule is CC(C)(C)[Si](C)(C)OC[C@@H]1C2C(=O)N(c3ccccc3)C(=O)C2c2c(ncn2Cc2ccccc2)[C@H]1O[Si](C)(C)C(C)(C)C. The van der Waals surface area contributed by atoms with Crippen molar-refractivity contribution in [2.45, 2.75) is 96.4 Å². The van der Waals surface area contributed by atoms with Gasteiger partial charge in [0.25, 0.3) is 0 Å². The van der Waals surface area contributed by atoms with Crippen LogP contribution in [-0.4, -0.2) is 44.6 Å². The quantitative estimate of drug-likeness (QED) is 0.187. The zero-order valence-electron chi connectivity index (χ0n) is 28.0. The molecule has 1 aliphatic carbocycles. The fourth-order valence-electron chi connectivity index (χ4n) is 5.85. The number of hydrogen-bond acceptors (Lipinski definition) is 5. The van der Waals surface area contributed by atoms with E-state index in [2.05, 4.69) is 84.4 Å². The first kappa shape index (κ1) is 32.5. The predicted molar refractivity (Wildman–Crippen MR) is 181 cm³/mol. The number of nitrogens with zero attached hydrogens (tertiary/aromatic N) is 3. The molecule has 0 bridgehead atoms. The minimum atomic E-state index is -2.35. The van der Waals surface area contributed by atoms with Gasteiger partial charge >= 0.3 is 0 Å². The van der Waals surface area contributed by atoms with Gasteiger partial charge in [0.1, 0.15) is 0 Å². The van der Waals surface area contributed by atoms with E-state index in [0.29, 0.717) is 18.8 Å². The Bertz CT molecular complexity index is 1510. The highest BCUT2D eigenvalue weighted by Gasteiger charge is 2.61. The van der Waals surface area contributed by atoms with E-state index in [1.807, 2.05) is 54.9 Å². The first-order valence-corrected chi connectivity index (χ1v) is 21.6. The number of benzene rings is 2. The van der Waals surface area contributed by atoms with Crippen molar-refractivity contribution in [1.82, 2.24) is 9.55 Å². The summed E-state index contributed by atoms with van der Waals surface area (Å²) in [5.74, 6) is -2.04. The van der Waals surface area contributed by atoms with Crippen molar-refractivity contribution in [3.05, 3.63) is 83.9 Å². The minimum absolute atomic E-state index is 0.00907. The van der Waals surface area contributed by atoms with Crippen LogP contribution in [0.3, 0.4) is 0 Å². The van der Waals surface area contributed by atoms with Crippen molar-refractivity contribution in [2.75, 3.05) is 11.5 Å². The Kier molecular flexibility index (Phi) is 8.50. The van der Waals surface area contributed by atoms with E-state index in [0.717, 1.165) is 17.0 Å². The van der Waals surface area contributed by atoms with E-state index >= 15 is 0 Å². The second-order valence-corrected chi connectivity index (χ2v) is 25.1. The highest BCUT2D eigenvalue weighted by molar-refractivity contribution is 6.74. The first-order valence-electron chi connectivity index (χ1n) is 15.8. The lowest BCUT2D eigenvalue weighted by molar-refractivity contribution is -0.125. The molecule has 2 unspecified atom stereocenters. The maximum Gasteiger partial charge on any atom is 0.243 e. The molecule has 0 N–H and O–H groups in total. The van der Waals surface area contributed by atoms with Crippen LogP contribution in [0.1, 0.15) is 70.5 Å². The van der Waals surface area contributed by atoms with Gasteiger partial charge in [-0.2, -0.15) is 0 Å². The number of amides is 2. The molecule has 44 heavy (non-hydrogen) atoms. The highest BCUT2D eigenvalue weighted by atomic mass is 28.4. The second kappa shape index (κ2) is 11.5. The molecule has 5 rings (SSSR count). The van der Waals surface area contributed by atoms with E-state index in [1.54, 1.807) is 0 Å². The van der Waals surface area contributed by atoms with E-state index in [1.165, 1.54) is 4.90 Å². The van der Waals surface area contributed by atoms with Gasteiger partial charge in [0.15, 0.2) is 16.6 Å². The summed E-state index contributed by atoms with van der Waals surface area (Å²) in [5.41, 5.74) is 3.26. The van der Waals surface area contributed by atoms with Gasteiger partial charge in [0.2, 0.25) is 11.8 Å². The average molecular weight is 632 g/mol. The number of imide groups is 1. The minimum Gasteiger partial charge on any atom is -0.416 e.